The van der Waals surface area contributed by atoms with Gasteiger partial charge in [-0.3, -0.25) is 9.48 Å². The van der Waals surface area contributed by atoms with Gasteiger partial charge in [0.1, 0.15) is 5.69 Å². The molecule has 0 spiro atoms. The van der Waals surface area contributed by atoms with E-state index in [9.17, 15) is 4.79 Å². The third-order valence-corrected chi connectivity index (χ3v) is 4.13. The molecule has 2 rings (SSSR count). The van der Waals surface area contributed by atoms with Crippen LogP contribution in [0.15, 0.2) is 6.20 Å². The van der Waals surface area contributed by atoms with Gasteiger partial charge in [0, 0.05) is 18.5 Å². The summed E-state index contributed by atoms with van der Waals surface area (Å²) in [6, 6.07) is 0. The zero-order chi connectivity index (χ0) is 14.6. The number of methoxy groups -OCH3 is 1. The van der Waals surface area contributed by atoms with Crippen LogP contribution in [0, 0.1) is 5.41 Å². The van der Waals surface area contributed by atoms with Crippen LogP contribution in [0.25, 0.3) is 0 Å². The van der Waals surface area contributed by atoms with Crippen LogP contribution in [-0.2, 0) is 6.54 Å². The third kappa shape index (κ3) is 2.59. The molecule has 0 bridgehead atoms. The summed E-state index contributed by atoms with van der Waals surface area (Å²) in [5.41, 5.74) is 0.361. The number of Topliss-reactive ketones (excluding diaryl/α,β-unsaturated/α-hetero) is 1. The standard InChI is InChI=1S/C15H25N3O2/c1-4-6-15(7-8-16-11-15)14(19)13-12(20-3)10-17-18(13)9-5-2/h10,16H,4-9,11H2,1-3H3. The lowest BCUT2D eigenvalue weighted by Gasteiger charge is -2.26. The van der Waals surface area contributed by atoms with E-state index in [0.29, 0.717) is 11.4 Å². The van der Waals surface area contributed by atoms with Gasteiger partial charge in [-0.1, -0.05) is 20.3 Å². The van der Waals surface area contributed by atoms with Crippen LogP contribution in [0.3, 0.4) is 0 Å². The molecule has 0 aliphatic carbocycles. The normalized spacial score (nSPS) is 22.1. The van der Waals surface area contributed by atoms with Crippen molar-refractivity contribution < 1.29 is 9.53 Å². The molecule has 1 unspecified atom stereocenters. The largest absolute Gasteiger partial charge is 0.493 e. The second-order valence-electron chi connectivity index (χ2n) is 5.57. The van der Waals surface area contributed by atoms with E-state index in [2.05, 4.69) is 24.3 Å². The molecule has 1 aromatic rings. The van der Waals surface area contributed by atoms with Gasteiger partial charge < -0.3 is 10.1 Å². The lowest BCUT2D eigenvalue weighted by molar-refractivity contribution is 0.0786. The first kappa shape index (κ1) is 15.0. The van der Waals surface area contributed by atoms with Crippen LogP contribution in [-0.4, -0.2) is 35.8 Å². The van der Waals surface area contributed by atoms with Crippen molar-refractivity contribution >= 4 is 5.78 Å². The number of aryl methyl sites for hydroxylation is 1. The molecule has 1 fully saturated rings. The molecule has 1 N–H and O–H groups in total. The summed E-state index contributed by atoms with van der Waals surface area (Å²) in [7, 11) is 1.60. The molecule has 1 atom stereocenters. The van der Waals surface area contributed by atoms with Gasteiger partial charge in [0.25, 0.3) is 0 Å². The predicted octanol–water partition coefficient (Wildman–Crippen LogP) is 2.26. The van der Waals surface area contributed by atoms with Crippen LogP contribution < -0.4 is 10.1 Å². The Morgan fingerprint density at radius 1 is 1.50 bits per heavy atom. The molecule has 20 heavy (non-hydrogen) atoms. The third-order valence-electron chi connectivity index (χ3n) is 4.13. The van der Waals surface area contributed by atoms with Crippen LogP contribution in [0.1, 0.15) is 50.0 Å². The van der Waals surface area contributed by atoms with E-state index in [4.69, 9.17) is 4.74 Å². The Morgan fingerprint density at radius 2 is 2.30 bits per heavy atom. The van der Waals surface area contributed by atoms with Crippen molar-refractivity contribution in [2.75, 3.05) is 20.2 Å². The smallest absolute Gasteiger partial charge is 0.192 e. The molecule has 1 saturated heterocycles. The van der Waals surface area contributed by atoms with Gasteiger partial charge in [0.15, 0.2) is 11.5 Å². The molecule has 0 saturated carbocycles. The van der Waals surface area contributed by atoms with E-state index >= 15 is 0 Å². The predicted molar refractivity (Wildman–Crippen MR) is 78.2 cm³/mol. The van der Waals surface area contributed by atoms with Crippen LogP contribution in [0.2, 0.25) is 0 Å². The number of carbonyl (C=O) groups is 1. The maximum absolute atomic E-state index is 13.1. The van der Waals surface area contributed by atoms with Gasteiger partial charge in [-0.15, -0.1) is 0 Å². The first-order valence-corrected chi connectivity index (χ1v) is 7.54. The Balaban J connectivity index is 2.37. The second-order valence-corrected chi connectivity index (χ2v) is 5.57. The van der Waals surface area contributed by atoms with Gasteiger partial charge in [-0.05, 0) is 25.8 Å². The number of nitrogens with one attached hydrogen (secondary N) is 1. The molecule has 1 aromatic heterocycles. The minimum absolute atomic E-state index is 0.187. The number of ketones is 1. The van der Waals surface area contributed by atoms with Crippen molar-refractivity contribution in [1.82, 2.24) is 15.1 Å². The number of rotatable bonds is 7. The van der Waals surface area contributed by atoms with E-state index in [1.165, 1.54) is 0 Å². The van der Waals surface area contributed by atoms with Gasteiger partial charge in [-0.2, -0.15) is 5.10 Å². The molecule has 0 amide bonds. The Kier molecular flexibility index (Phi) is 4.81. The summed E-state index contributed by atoms with van der Waals surface area (Å²) in [6.45, 7) is 6.64. The Hall–Kier alpha value is -1.36. The van der Waals surface area contributed by atoms with E-state index in [0.717, 1.165) is 45.3 Å². The van der Waals surface area contributed by atoms with Crippen LogP contribution in [0.4, 0.5) is 0 Å². The van der Waals surface area contributed by atoms with Gasteiger partial charge >= 0.3 is 0 Å². The Labute approximate surface area is 120 Å². The average Bonchev–Trinajstić information content (AvgIpc) is 3.06. The number of carbonyl (C=O) groups excluding carboxylic acids is 1. The topological polar surface area (TPSA) is 56.2 Å². The summed E-state index contributed by atoms with van der Waals surface area (Å²) in [5.74, 6) is 0.790. The van der Waals surface area contributed by atoms with E-state index in [1.807, 2.05) is 0 Å². The minimum atomic E-state index is -0.284. The minimum Gasteiger partial charge on any atom is -0.493 e. The molecule has 0 aromatic carbocycles. The number of nitrogens with zero attached hydrogens (tertiary/aromatic N) is 2. The summed E-state index contributed by atoms with van der Waals surface area (Å²) in [4.78, 5) is 13.1. The van der Waals surface area contributed by atoms with Crippen molar-refractivity contribution in [3.63, 3.8) is 0 Å². The Morgan fingerprint density at radius 3 is 2.85 bits per heavy atom. The highest BCUT2D eigenvalue weighted by Gasteiger charge is 2.43. The summed E-state index contributed by atoms with van der Waals surface area (Å²) in [5, 5.41) is 7.65. The molecule has 1 aliphatic heterocycles. The fourth-order valence-electron chi connectivity index (χ4n) is 3.12. The van der Waals surface area contributed by atoms with Gasteiger partial charge in [0.05, 0.1) is 13.3 Å². The first-order valence-electron chi connectivity index (χ1n) is 7.54. The molecule has 112 valence electrons. The zero-order valence-corrected chi connectivity index (χ0v) is 12.7. The van der Waals surface area contributed by atoms with Crippen LogP contribution in [0.5, 0.6) is 5.75 Å². The molecule has 5 nitrogen and oxygen atoms in total. The highest BCUT2D eigenvalue weighted by Crippen LogP contribution is 2.37. The summed E-state index contributed by atoms with van der Waals surface area (Å²) >= 11 is 0. The number of ether oxygens (including phenoxy) is 1. The second kappa shape index (κ2) is 6.39. The van der Waals surface area contributed by atoms with E-state index in [-0.39, 0.29) is 11.2 Å². The molecular formula is C15H25N3O2. The highest BCUT2D eigenvalue weighted by atomic mass is 16.5. The van der Waals surface area contributed by atoms with Crippen molar-refractivity contribution in [2.24, 2.45) is 5.41 Å². The summed E-state index contributed by atoms with van der Waals surface area (Å²) < 4.78 is 7.15. The maximum Gasteiger partial charge on any atom is 0.192 e. The van der Waals surface area contributed by atoms with Crippen molar-refractivity contribution in [1.29, 1.82) is 0 Å². The highest BCUT2D eigenvalue weighted by molar-refractivity contribution is 6.01. The fraction of sp³-hybridized carbons (Fsp3) is 0.733. The van der Waals surface area contributed by atoms with Gasteiger partial charge in [-0.25, -0.2) is 0 Å². The van der Waals surface area contributed by atoms with Crippen molar-refractivity contribution in [2.45, 2.75) is 46.1 Å². The molecule has 2 heterocycles. The number of aromatic nitrogens is 2. The van der Waals surface area contributed by atoms with Crippen LogP contribution >= 0.6 is 0 Å². The van der Waals surface area contributed by atoms with E-state index < -0.39 is 0 Å². The van der Waals surface area contributed by atoms with E-state index in [1.54, 1.807) is 18.0 Å². The lowest BCUT2D eigenvalue weighted by Crippen LogP contribution is -2.35. The Bertz CT molecular complexity index is 462. The molecule has 1 aliphatic rings. The fourth-order valence-corrected chi connectivity index (χ4v) is 3.12. The van der Waals surface area contributed by atoms with Crippen molar-refractivity contribution in [3.8, 4) is 5.75 Å². The summed E-state index contributed by atoms with van der Waals surface area (Å²) in [6.07, 6.45) is 5.44. The molecular weight excluding hydrogens is 254 g/mol. The zero-order valence-electron chi connectivity index (χ0n) is 12.7. The lowest BCUT2D eigenvalue weighted by atomic mass is 9.77. The van der Waals surface area contributed by atoms with Crippen molar-refractivity contribution in [3.05, 3.63) is 11.9 Å². The quantitative estimate of drug-likeness (QED) is 0.778. The average molecular weight is 279 g/mol. The number of hydrogen-bond donors (Lipinski definition) is 1. The monoisotopic (exact) mass is 279 g/mol. The first-order chi connectivity index (χ1) is 9.68. The maximum atomic E-state index is 13.1. The molecule has 0 radical (unpaired) electrons. The molecule has 5 heteroatoms. The SMILES string of the molecule is CCCn1ncc(OC)c1C(=O)C1(CCC)CCNC1. The number of hydrogen-bond acceptors (Lipinski definition) is 4. The van der Waals surface area contributed by atoms with Gasteiger partial charge in [0.2, 0.25) is 0 Å².